The molecule has 0 aliphatic heterocycles. The molecule has 1 aromatic rings. The predicted octanol–water partition coefficient (Wildman–Crippen LogP) is 2.31. The van der Waals surface area contributed by atoms with Crippen molar-refractivity contribution >= 4 is 39.3 Å². The smallest absolute Gasteiger partial charge is 0.254 e. The third-order valence-electron chi connectivity index (χ3n) is 2.27. The third kappa shape index (κ3) is 3.99. The lowest BCUT2D eigenvalue weighted by molar-refractivity contribution is -0.121. The molecular weight excluding hydrogens is 320 g/mol. The minimum absolute atomic E-state index is 0.0281. The van der Waals surface area contributed by atoms with E-state index in [2.05, 4.69) is 21.2 Å². The number of hydrogen-bond donors (Lipinski definition) is 1. The van der Waals surface area contributed by atoms with Crippen LogP contribution in [0.1, 0.15) is 17.3 Å². The average Bonchev–Trinajstić information content (AvgIpc) is 2.32. The zero-order chi connectivity index (χ0) is 13.7. The molecule has 6 heteroatoms. The monoisotopic (exact) mass is 332 g/mol. The van der Waals surface area contributed by atoms with E-state index in [0.717, 1.165) is 4.47 Å². The summed E-state index contributed by atoms with van der Waals surface area (Å²) in [5.41, 5.74) is 0.454. The number of hydrogen-bond acceptors (Lipinski definition) is 2. The second-order valence-corrected chi connectivity index (χ2v) is 5.01. The Morgan fingerprint density at radius 3 is 2.67 bits per heavy atom. The van der Waals surface area contributed by atoms with Crippen molar-refractivity contribution in [3.05, 3.63) is 33.3 Å². The maximum Gasteiger partial charge on any atom is 0.254 e. The van der Waals surface area contributed by atoms with Gasteiger partial charge in [-0.25, -0.2) is 0 Å². The quantitative estimate of drug-likeness (QED) is 0.919. The number of halogens is 2. The zero-order valence-electron chi connectivity index (χ0n) is 10.2. The Bertz CT molecular complexity index is 465. The molecule has 4 nitrogen and oxygen atoms in total. The second kappa shape index (κ2) is 6.75. The van der Waals surface area contributed by atoms with E-state index in [1.807, 2.05) is 6.92 Å². The van der Waals surface area contributed by atoms with E-state index in [0.29, 0.717) is 17.1 Å². The fraction of sp³-hybridized carbons (Fsp3) is 0.333. The lowest BCUT2D eigenvalue weighted by atomic mass is 10.2. The van der Waals surface area contributed by atoms with Crippen molar-refractivity contribution in [2.75, 3.05) is 20.1 Å². The van der Waals surface area contributed by atoms with Gasteiger partial charge in [0, 0.05) is 23.6 Å². The summed E-state index contributed by atoms with van der Waals surface area (Å²) in [5, 5.41) is 3.10. The maximum atomic E-state index is 12.0. The molecule has 0 fully saturated rings. The van der Waals surface area contributed by atoms with Crippen LogP contribution in [-0.2, 0) is 4.79 Å². The Labute approximate surface area is 119 Å². The first-order valence-corrected chi connectivity index (χ1v) is 6.60. The fourth-order valence-corrected chi connectivity index (χ4v) is 1.82. The van der Waals surface area contributed by atoms with Gasteiger partial charge in [-0.2, -0.15) is 0 Å². The predicted molar refractivity (Wildman–Crippen MR) is 74.8 cm³/mol. The van der Waals surface area contributed by atoms with Crippen LogP contribution in [0.4, 0.5) is 0 Å². The molecule has 0 unspecified atom stereocenters. The number of rotatable bonds is 4. The van der Waals surface area contributed by atoms with E-state index in [9.17, 15) is 9.59 Å². The zero-order valence-corrected chi connectivity index (χ0v) is 12.5. The SMILES string of the molecule is CCNC(=O)CN(C)C(=O)c1ccc(Br)c(Cl)c1. The van der Waals surface area contributed by atoms with Crippen LogP contribution in [0, 0.1) is 0 Å². The largest absolute Gasteiger partial charge is 0.355 e. The molecule has 2 amide bonds. The van der Waals surface area contributed by atoms with Crippen molar-refractivity contribution in [2.24, 2.45) is 0 Å². The highest BCUT2D eigenvalue weighted by Crippen LogP contribution is 2.23. The molecule has 0 aromatic heterocycles. The number of nitrogens with zero attached hydrogens (tertiary/aromatic N) is 1. The summed E-state index contributed by atoms with van der Waals surface area (Å²) in [4.78, 5) is 24.7. The van der Waals surface area contributed by atoms with Crippen molar-refractivity contribution in [1.82, 2.24) is 10.2 Å². The van der Waals surface area contributed by atoms with Crippen LogP contribution < -0.4 is 5.32 Å². The van der Waals surface area contributed by atoms with Gasteiger partial charge in [-0.1, -0.05) is 11.6 Å². The third-order valence-corrected chi connectivity index (χ3v) is 3.50. The van der Waals surface area contributed by atoms with Crippen LogP contribution in [0.15, 0.2) is 22.7 Å². The van der Waals surface area contributed by atoms with E-state index in [1.54, 1.807) is 25.2 Å². The molecule has 0 spiro atoms. The second-order valence-electron chi connectivity index (χ2n) is 3.74. The van der Waals surface area contributed by atoms with Gasteiger partial charge in [-0.05, 0) is 41.1 Å². The molecule has 0 aliphatic carbocycles. The Balaban J connectivity index is 2.74. The lowest BCUT2D eigenvalue weighted by Gasteiger charge is -2.16. The van der Waals surface area contributed by atoms with Gasteiger partial charge in [-0.3, -0.25) is 9.59 Å². The van der Waals surface area contributed by atoms with Crippen LogP contribution in [0.25, 0.3) is 0 Å². The summed E-state index contributed by atoms with van der Waals surface area (Å²) in [6.45, 7) is 2.40. The molecular formula is C12H14BrClN2O2. The average molecular weight is 334 g/mol. The first-order chi connectivity index (χ1) is 8.45. The Morgan fingerprint density at radius 1 is 1.44 bits per heavy atom. The Morgan fingerprint density at radius 2 is 2.11 bits per heavy atom. The van der Waals surface area contributed by atoms with E-state index < -0.39 is 0 Å². The van der Waals surface area contributed by atoms with E-state index in [1.165, 1.54) is 4.90 Å². The van der Waals surface area contributed by atoms with Gasteiger partial charge in [0.25, 0.3) is 5.91 Å². The highest BCUT2D eigenvalue weighted by atomic mass is 79.9. The Hall–Kier alpha value is -1.07. The topological polar surface area (TPSA) is 49.4 Å². The van der Waals surface area contributed by atoms with Crippen molar-refractivity contribution in [3.63, 3.8) is 0 Å². The van der Waals surface area contributed by atoms with E-state index in [4.69, 9.17) is 11.6 Å². The van der Waals surface area contributed by atoms with Crippen molar-refractivity contribution < 1.29 is 9.59 Å². The van der Waals surface area contributed by atoms with Crippen LogP contribution in [-0.4, -0.2) is 36.9 Å². The van der Waals surface area contributed by atoms with Crippen LogP contribution >= 0.6 is 27.5 Å². The van der Waals surface area contributed by atoms with Gasteiger partial charge in [-0.15, -0.1) is 0 Å². The molecule has 18 heavy (non-hydrogen) atoms. The molecule has 0 atom stereocenters. The fourth-order valence-electron chi connectivity index (χ4n) is 1.39. The first-order valence-electron chi connectivity index (χ1n) is 5.43. The first kappa shape index (κ1) is 15.0. The maximum absolute atomic E-state index is 12.0. The summed E-state index contributed by atoms with van der Waals surface area (Å²) in [6.07, 6.45) is 0. The molecule has 98 valence electrons. The van der Waals surface area contributed by atoms with Gasteiger partial charge in [0.05, 0.1) is 11.6 Å². The summed E-state index contributed by atoms with van der Waals surface area (Å²) in [7, 11) is 1.58. The molecule has 1 N–H and O–H groups in total. The van der Waals surface area contributed by atoms with E-state index >= 15 is 0 Å². The number of amides is 2. The van der Waals surface area contributed by atoms with Crippen molar-refractivity contribution in [1.29, 1.82) is 0 Å². The minimum atomic E-state index is -0.240. The minimum Gasteiger partial charge on any atom is -0.355 e. The van der Waals surface area contributed by atoms with Crippen LogP contribution in [0.5, 0.6) is 0 Å². The van der Waals surface area contributed by atoms with Gasteiger partial charge < -0.3 is 10.2 Å². The van der Waals surface area contributed by atoms with E-state index in [-0.39, 0.29) is 18.4 Å². The molecule has 0 heterocycles. The number of benzene rings is 1. The molecule has 0 bridgehead atoms. The summed E-state index contributed by atoms with van der Waals surface area (Å²) in [5.74, 6) is -0.424. The number of likely N-dealkylation sites (N-methyl/N-ethyl adjacent to an activating group) is 2. The summed E-state index contributed by atoms with van der Waals surface area (Å²) >= 11 is 9.18. The van der Waals surface area contributed by atoms with Crippen LogP contribution in [0.2, 0.25) is 5.02 Å². The summed E-state index contributed by atoms with van der Waals surface area (Å²) in [6, 6.07) is 4.93. The molecule has 0 saturated heterocycles. The van der Waals surface area contributed by atoms with Gasteiger partial charge in [0.1, 0.15) is 0 Å². The molecule has 0 aliphatic rings. The highest BCUT2D eigenvalue weighted by Gasteiger charge is 2.15. The highest BCUT2D eigenvalue weighted by molar-refractivity contribution is 9.10. The number of nitrogens with one attached hydrogen (secondary N) is 1. The number of carbonyl (C=O) groups is 2. The van der Waals surface area contributed by atoms with Gasteiger partial charge in [0.2, 0.25) is 5.91 Å². The van der Waals surface area contributed by atoms with Crippen molar-refractivity contribution in [2.45, 2.75) is 6.92 Å². The van der Waals surface area contributed by atoms with Gasteiger partial charge in [0.15, 0.2) is 0 Å². The molecule has 0 radical (unpaired) electrons. The standard InChI is InChI=1S/C12H14BrClN2O2/c1-3-15-11(17)7-16(2)12(18)8-4-5-9(13)10(14)6-8/h4-6H,3,7H2,1-2H3,(H,15,17). The van der Waals surface area contributed by atoms with Crippen molar-refractivity contribution in [3.8, 4) is 0 Å². The normalized spacial score (nSPS) is 10.0. The number of carbonyl (C=O) groups excluding carboxylic acids is 2. The molecule has 0 saturated carbocycles. The molecule has 1 rings (SSSR count). The summed E-state index contributed by atoms with van der Waals surface area (Å²) < 4.78 is 0.729. The molecule has 1 aromatic carbocycles. The Kier molecular flexibility index (Phi) is 5.62. The lowest BCUT2D eigenvalue weighted by Crippen LogP contribution is -2.38. The van der Waals surface area contributed by atoms with Crippen LogP contribution in [0.3, 0.4) is 0 Å². The van der Waals surface area contributed by atoms with Gasteiger partial charge >= 0.3 is 0 Å².